The molecule has 2 aromatic heterocycles. The van der Waals surface area contributed by atoms with Crippen LogP contribution in [0.1, 0.15) is 43.0 Å². The molecule has 1 aliphatic carbocycles. The molecular weight excluding hydrogens is 475 g/mol. The number of aryl methyl sites for hydroxylation is 1. The minimum Gasteiger partial charge on any atom is -0.458 e. The number of anilines is 1. The molecule has 2 amide bonds. The fraction of sp³-hybridized carbons (Fsp3) is 0.296. The minimum absolute atomic E-state index is 0.0412. The third-order valence-corrected chi connectivity index (χ3v) is 6.39. The van der Waals surface area contributed by atoms with Crippen molar-refractivity contribution in [2.45, 2.75) is 51.2 Å². The van der Waals surface area contributed by atoms with E-state index in [9.17, 15) is 14.0 Å². The summed E-state index contributed by atoms with van der Waals surface area (Å²) in [5.41, 5.74) is 1.01. The molecule has 0 aliphatic heterocycles. The minimum atomic E-state index is -1.02. The number of para-hydroxylation sites is 1. The average Bonchev–Trinajstić information content (AvgIpc) is 3.66. The van der Waals surface area contributed by atoms with Crippen LogP contribution in [0, 0.1) is 12.7 Å². The molecule has 2 aromatic carbocycles. The number of tetrazole rings is 1. The van der Waals surface area contributed by atoms with Gasteiger partial charge in [0.15, 0.2) is 5.76 Å². The van der Waals surface area contributed by atoms with Gasteiger partial charge in [-0.05, 0) is 66.9 Å². The Labute approximate surface area is 213 Å². The Bertz CT molecular complexity index is 1360. The van der Waals surface area contributed by atoms with E-state index < -0.39 is 17.8 Å². The van der Waals surface area contributed by atoms with Gasteiger partial charge in [-0.25, -0.2) is 4.39 Å². The van der Waals surface area contributed by atoms with Gasteiger partial charge in [0.2, 0.25) is 11.7 Å². The largest absolute Gasteiger partial charge is 0.458 e. The van der Waals surface area contributed by atoms with E-state index in [0.29, 0.717) is 22.8 Å². The lowest BCUT2D eigenvalue weighted by Gasteiger charge is -2.32. The lowest BCUT2D eigenvalue weighted by molar-refractivity contribution is -0.127. The summed E-state index contributed by atoms with van der Waals surface area (Å²) in [6.07, 6.45) is 3.87. The van der Waals surface area contributed by atoms with Crippen LogP contribution in [0.25, 0.3) is 11.6 Å². The van der Waals surface area contributed by atoms with Crippen molar-refractivity contribution in [3.05, 3.63) is 83.9 Å². The molecule has 0 saturated heterocycles. The smallest absolute Gasteiger partial charge is 0.251 e. The van der Waals surface area contributed by atoms with Crippen LogP contribution in [-0.2, 0) is 16.1 Å². The fourth-order valence-electron chi connectivity index (χ4n) is 4.60. The number of carbonyl (C=O) groups is 2. The van der Waals surface area contributed by atoms with E-state index in [1.54, 1.807) is 43.3 Å². The summed E-state index contributed by atoms with van der Waals surface area (Å²) in [5, 5.41) is 15.4. The van der Waals surface area contributed by atoms with Gasteiger partial charge >= 0.3 is 0 Å². The van der Waals surface area contributed by atoms with Gasteiger partial charge in [-0.15, -0.1) is 10.2 Å². The topological polar surface area (TPSA) is 106 Å². The molecule has 1 N–H and O–H groups in total. The quantitative estimate of drug-likeness (QED) is 0.387. The number of halogens is 1. The van der Waals surface area contributed by atoms with Crippen molar-refractivity contribution in [1.82, 2.24) is 25.5 Å². The molecule has 1 saturated carbocycles. The second kappa shape index (κ2) is 10.7. The highest BCUT2D eigenvalue weighted by Crippen LogP contribution is 2.30. The van der Waals surface area contributed by atoms with Crippen LogP contribution >= 0.6 is 0 Å². The van der Waals surface area contributed by atoms with Crippen molar-refractivity contribution < 1.29 is 18.4 Å². The zero-order valence-corrected chi connectivity index (χ0v) is 20.4. The lowest BCUT2D eigenvalue weighted by Crippen LogP contribution is -2.47. The van der Waals surface area contributed by atoms with E-state index in [-0.39, 0.29) is 24.3 Å². The van der Waals surface area contributed by atoms with E-state index >= 15 is 0 Å². The van der Waals surface area contributed by atoms with E-state index in [1.165, 1.54) is 34.0 Å². The van der Waals surface area contributed by atoms with Crippen molar-refractivity contribution in [3.63, 3.8) is 0 Å². The Balaban J connectivity index is 1.48. The van der Waals surface area contributed by atoms with Crippen LogP contribution < -0.4 is 10.2 Å². The van der Waals surface area contributed by atoms with E-state index in [0.717, 1.165) is 25.7 Å². The number of furan rings is 1. The molecule has 9 nitrogen and oxygen atoms in total. The normalized spacial score (nSPS) is 14.4. The van der Waals surface area contributed by atoms with Gasteiger partial charge in [-0.1, -0.05) is 43.2 Å². The molecule has 4 aromatic rings. The van der Waals surface area contributed by atoms with Crippen LogP contribution in [-0.4, -0.2) is 38.1 Å². The van der Waals surface area contributed by atoms with Crippen molar-refractivity contribution >= 4 is 17.5 Å². The number of rotatable bonds is 8. The van der Waals surface area contributed by atoms with Crippen LogP contribution in [0.4, 0.5) is 10.1 Å². The first kappa shape index (κ1) is 24.4. The molecule has 0 unspecified atom stereocenters. The summed E-state index contributed by atoms with van der Waals surface area (Å²) in [4.78, 5) is 30.1. The standard InChI is InChI=1S/C27H27FN6O3/c1-18-11-16-23(37-18)26-30-32-33(31-26)17-24(35)34(22-9-3-2-4-10-22)25(19-12-14-20(28)15-13-19)27(36)29-21-7-5-6-8-21/h2-4,9-16,21,25H,5-8,17H2,1H3,(H,29,36)/t25-/m0/s1. The second-order valence-electron chi connectivity index (χ2n) is 9.10. The first-order valence-corrected chi connectivity index (χ1v) is 12.3. The highest BCUT2D eigenvalue weighted by Gasteiger charge is 2.34. The Hall–Kier alpha value is -4.34. The molecule has 0 bridgehead atoms. The van der Waals surface area contributed by atoms with E-state index in [1.807, 2.05) is 6.07 Å². The predicted octanol–water partition coefficient (Wildman–Crippen LogP) is 4.21. The summed E-state index contributed by atoms with van der Waals surface area (Å²) in [6.45, 7) is 1.54. The van der Waals surface area contributed by atoms with Gasteiger partial charge in [-0.3, -0.25) is 14.5 Å². The number of nitrogens with zero attached hydrogens (tertiary/aromatic N) is 5. The molecule has 0 spiro atoms. The third-order valence-electron chi connectivity index (χ3n) is 6.39. The van der Waals surface area contributed by atoms with Gasteiger partial charge in [0, 0.05) is 11.7 Å². The molecule has 0 radical (unpaired) electrons. The maximum atomic E-state index is 13.8. The van der Waals surface area contributed by atoms with Gasteiger partial charge < -0.3 is 9.73 Å². The van der Waals surface area contributed by atoms with Gasteiger partial charge in [0.05, 0.1) is 0 Å². The molecule has 1 aliphatic rings. The third kappa shape index (κ3) is 5.58. The summed E-state index contributed by atoms with van der Waals surface area (Å²) in [7, 11) is 0. The first-order chi connectivity index (χ1) is 18.0. The molecule has 10 heteroatoms. The van der Waals surface area contributed by atoms with Crippen LogP contribution in [0.5, 0.6) is 0 Å². The molecule has 1 atom stereocenters. The molecule has 2 heterocycles. The number of benzene rings is 2. The molecule has 37 heavy (non-hydrogen) atoms. The predicted molar refractivity (Wildman–Crippen MR) is 134 cm³/mol. The van der Waals surface area contributed by atoms with Gasteiger partial charge in [0.25, 0.3) is 5.91 Å². The number of hydrogen-bond donors (Lipinski definition) is 1. The zero-order chi connectivity index (χ0) is 25.8. The number of carbonyl (C=O) groups excluding carboxylic acids is 2. The zero-order valence-electron chi connectivity index (χ0n) is 20.4. The average molecular weight is 503 g/mol. The summed E-state index contributed by atoms with van der Waals surface area (Å²) in [6, 6.07) is 17.1. The highest BCUT2D eigenvalue weighted by atomic mass is 19.1. The molecule has 190 valence electrons. The Morgan fingerprint density at radius 2 is 1.81 bits per heavy atom. The van der Waals surface area contributed by atoms with E-state index in [4.69, 9.17) is 4.42 Å². The van der Waals surface area contributed by atoms with Gasteiger partial charge in [0.1, 0.15) is 24.2 Å². The molecule has 1 fully saturated rings. The number of aromatic nitrogens is 4. The fourth-order valence-corrected chi connectivity index (χ4v) is 4.60. The summed E-state index contributed by atoms with van der Waals surface area (Å²) in [5.74, 6) is 0.213. The van der Waals surface area contributed by atoms with Crippen molar-refractivity contribution in [2.24, 2.45) is 0 Å². The second-order valence-corrected chi connectivity index (χ2v) is 9.10. The van der Waals surface area contributed by atoms with Gasteiger partial charge in [-0.2, -0.15) is 4.80 Å². The SMILES string of the molecule is Cc1ccc(-c2nnn(CC(=O)N(c3ccccc3)[C@H](C(=O)NC3CCCC3)c3ccc(F)cc3)n2)o1. The van der Waals surface area contributed by atoms with Crippen molar-refractivity contribution in [3.8, 4) is 11.6 Å². The number of amides is 2. The molecular formula is C27H27FN6O3. The highest BCUT2D eigenvalue weighted by molar-refractivity contribution is 6.01. The molecule has 5 rings (SSSR count). The number of hydrogen-bond acceptors (Lipinski definition) is 6. The monoisotopic (exact) mass is 502 g/mol. The Kier molecular flexibility index (Phi) is 7.07. The number of nitrogens with one attached hydrogen (secondary N) is 1. The van der Waals surface area contributed by atoms with Crippen molar-refractivity contribution in [2.75, 3.05) is 4.90 Å². The van der Waals surface area contributed by atoms with E-state index in [2.05, 4.69) is 20.7 Å². The first-order valence-electron chi connectivity index (χ1n) is 12.3. The summed E-state index contributed by atoms with van der Waals surface area (Å²) < 4.78 is 19.3. The van der Waals surface area contributed by atoms with Crippen LogP contribution in [0.2, 0.25) is 0 Å². The van der Waals surface area contributed by atoms with Crippen molar-refractivity contribution in [1.29, 1.82) is 0 Å². The Morgan fingerprint density at radius 1 is 1.08 bits per heavy atom. The Morgan fingerprint density at radius 3 is 2.49 bits per heavy atom. The van der Waals surface area contributed by atoms with Crippen LogP contribution in [0.3, 0.4) is 0 Å². The summed E-state index contributed by atoms with van der Waals surface area (Å²) >= 11 is 0. The van der Waals surface area contributed by atoms with Crippen LogP contribution in [0.15, 0.2) is 71.1 Å². The maximum Gasteiger partial charge on any atom is 0.251 e. The maximum absolute atomic E-state index is 13.8. The lowest BCUT2D eigenvalue weighted by atomic mass is 10.0.